The number of aryl methyl sites for hydroxylation is 1. The molecule has 0 aliphatic carbocycles. The van der Waals surface area contributed by atoms with Gasteiger partial charge in [-0.15, -0.1) is 0 Å². The number of urea groups is 1. The van der Waals surface area contributed by atoms with Gasteiger partial charge in [-0.1, -0.05) is 28.9 Å². The number of halogens is 4. The van der Waals surface area contributed by atoms with Gasteiger partial charge in [-0.3, -0.25) is 9.80 Å². The summed E-state index contributed by atoms with van der Waals surface area (Å²) in [5.41, 5.74) is 3.57. The van der Waals surface area contributed by atoms with Crippen LogP contribution < -0.4 is 9.80 Å². The molecule has 33 heavy (non-hydrogen) atoms. The Morgan fingerprint density at radius 1 is 1.24 bits per heavy atom. The molecule has 3 aromatic rings. The highest BCUT2D eigenvalue weighted by atomic mass is 35.5. The van der Waals surface area contributed by atoms with Crippen LogP contribution in [0.5, 0.6) is 0 Å². The van der Waals surface area contributed by atoms with Crippen molar-refractivity contribution in [1.82, 2.24) is 15.1 Å². The number of carbonyl (C=O) groups is 1. The van der Waals surface area contributed by atoms with Crippen LogP contribution in [0.1, 0.15) is 23.9 Å². The molecule has 12 heteroatoms. The minimum atomic E-state index is -4.44. The molecule has 0 bridgehead atoms. The summed E-state index contributed by atoms with van der Waals surface area (Å²) < 4.78 is 46.3. The summed E-state index contributed by atoms with van der Waals surface area (Å²) >= 11 is 6.02. The number of anilines is 2. The van der Waals surface area contributed by atoms with Crippen molar-refractivity contribution in [2.45, 2.75) is 33.2 Å². The number of benzene rings is 1. The minimum absolute atomic E-state index is 0.0838. The van der Waals surface area contributed by atoms with Crippen LogP contribution in [-0.4, -0.2) is 40.5 Å². The van der Waals surface area contributed by atoms with E-state index in [1.807, 2.05) is 13.8 Å². The second kappa shape index (κ2) is 8.99. The SMILES string of the molecule is CCN1C(=O)N(c2cc(-c3noc(COCC(F)(F)F)n3)ccc2C)Cc2cnc(Cl)cc21. The smallest absolute Gasteiger partial charge is 0.362 e. The number of nitrogens with zero attached hydrogens (tertiary/aromatic N) is 5. The van der Waals surface area contributed by atoms with Crippen LogP contribution in [0.15, 0.2) is 35.0 Å². The zero-order chi connectivity index (χ0) is 23.8. The normalized spacial score (nSPS) is 14.1. The third kappa shape index (κ3) is 4.93. The number of ether oxygens (including phenoxy) is 1. The lowest BCUT2D eigenvalue weighted by atomic mass is 10.1. The van der Waals surface area contributed by atoms with Crippen LogP contribution in [0.3, 0.4) is 0 Å². The minimum Gasteiger partial charge on any atom is -0.362 e. The molecule has 0 saturated carbocycles. The zero-order valence-corrected chi connectivity index (χ0v) is 18.4. The van der Waals surface area contributed by atoms with Gasteiger partial charge in [0.2, 0.25) is 5.82 Å². The molecule has 4 rings (SSSR count). The monoisotopic (exact) mass is 481 g/mol. The highest BCUT2D eigenvalue weighted by molar-refractivity contribution is 6.29. The molecule has 1 aliphatic rings. The van der Waals surface area contributed by atoms with Crippen molar-refractivity contribution in [1.29, 1.82) is 0 Å². The highest BCUT2D eigenvalue weighted by Crippen LogP contribution is 2.35. The molecule has 1 aromatic carbocycles. The van der Waals surface area contributed by atoms with Crippen molar-refractivity contribution >= 4 is 29.0 Å². The van der Waals surface area contributed by atoms with E-state index >= 15 is 0 Å². The number of hydrogen-bond donors (Lipinski definition) is 0. The van der Waals surface area contributed by atoms with Crippen LogP contribution in [0.2, 0.25) is 5.15 Å². The van der Waals surface area contributed by atoms with E-state index < -0.39 is 19.4 Å². The van der Waals surface area contributed by atoms with Crippen molar-refractivity contribution in [3.05, 3.63) is 52.6 Å². The largest absolute Gasteiger partial charge is 0.411 e. The van der Waals surface area contributed by atoms with Gasteiger partial charge in [0.1, 0.15) is 18.4 Å². The van der Waals surface area contributed by atoms with Gasteiger partial charge in [0, 0.05) is 29.6 Å². The van der Waals surface area contributed by atoms with Crippen molar-refractivity contribution in [2.24, 2.45) is 0 Å². The summed E-state index contributed by atoms with van der Waals surface area (Å²) in [6.45, 7) is 2.59. The Morgan fingerprint density at radius 2 is 2.03 bits per heavy atom. The Labute approximate surface area is 191 Å². The van der Waals surface area contributed by atoms with Crippen molar-refractivity contribution in [2.75, 3.05) is 23.0 Å². The molecule has 2 aromatic heterocycles. The van der Waals surface area contributed by atoms with E-state index in [-0.39, 0.29) is 17.7 Å². The van der Waals surface area contributed by atoms with E-state index in [1.54, 1.807) is 40.3 Å². The first kappa shape index (κ1) is 23.0. The van der Waals surface area contributed by atoms with Gasteiger partial charge in [0.25, 0.3) is 5.89 Å². The van der Waals surface area contributed by atoms with E-state index in [1.165, 1.54) is 0 Å². The maximum Gasteiger partial charge on any atom is 0.411 e. The molecule has 0 unspecified atom stereocenters. The fourth-order valence-electron chi connectivity index (χ4n) is 3.53. The summed E-state index contributed by atoms with van der Waals surface area (Å²) in [6, 6.07) is 6.73. The van der Waals surface area contributed by atoms with E-state index in [9.17, 15) is 18.0 Å². The first-order valence-corrected chi connectivity index (χ1v) is 10.4. The van der Waals surface area contributed by atoms with Crippen LogP contribution in [-0.2, 0) is 17.9 Å². The molecular weight excluding hydrogens is 463 g/mol. The quantitative estimate of drug-likeness (QED) is 0.453. The maximum absolute atomic E-state index is 13.3. The number of hydrogen-bond acceptors (Lipinski definition) is 6. The number of aromatic nitrogens is 3. The molecule has 1 aliphatic heterocycles. The standard InChI is InChI=1S/C21H19ClF3N5O3/c1-3-29-16-7-17(22)26-8-14(16)9-30(20(29)31)15-6-13(5-4-12(15)2)19-27-18(33-28-19)10-32-11-21(23,24)25/h4-8H,3,9-11H2,1-2H3. The molecule has 0 atom stereocenters. The number of alkyl halides is 3. The molecule has 0 radical (unpaired) electrons. The van der Waals surface area contributed by atoms with E-state index in [2.05, 4.69) is 19.9 Å². The third-order valence-corrected chi connectivity index (χ3v) is 5.25. The predicted octanol–water partition coefficient (Wildman–Crippen LogP) is 5.14. The number of carbonyl (C=O) groups excluding carboxylic acids is 1. The van der Waals surface area contributed by atoms with E-state index in [0.717, 1.165) is 11.1 Å². The average Bonchev–Trinajstić information content (AvgIpc) is 3.22. The average molecular weight is 482 g/mol. The fourth-order valence-corrected chi connectivity index (χ4v) is 3.68. The second-order valence-electron chi connectivity index (χ2n) is 7.37. The lowest BCUT2D eigenvalue weighted by Crippen LogP contribution is -2.47. The fraction of sp³-hybridized carbons (Fsp3) is 0.333. The molecule has 0 spiro atoms. The lowest BCUT2D eigenvalue weighted by molar-refractivity contribution is -0.178. The van der Waals surface area contributed by atoms with Gasteiger partial charge in [0.15, 0.2) is 0 Å². The van der Waals surface area contributed by atoms with Crippen LogP contribution in [0.4, 0.5) is 29.3 Å². The summed E-state index contributed by atoms with van der Waals surface area (Å²) in [6.07, 6.45) is -2.80. The van der Waals surface area contributed by atoms with E-state index in [4.69, 9.17) is 16.1 Å². The van der Waals surface area contributed by atoms with Gasteiger partial charge >= 0.3 is 12.2 Å². The highest BCUT2D eigenvalue weighted by Gasteiger charge is 2.32. The summed E-state index contributed by atoms with van der Waals surface area (Å²) in [5.74, 6) is 0.0898. The molecule has 174 valence electrons. The molecule has 3 heterocycles. The maximum atomic E-state index is 13.3. The topological polar surface area (TPSA) is 84.6 Å². The Hall–Kier alpha value is -3.18. The number of fused-ring (bicyclic) bond motifs is 1. The number of pyridine rings is 1. The third-order valence-electron chi connectivity index (χ3n) is 5.04. The van der Waals surface area contributed by atoms with Crippen LogP contribution >= 0.6 is 11.6 Å². The van der Waals surface area contributed by atoms with Crippen molar-refractivity contribution < 1.29 is 27.2 Å². The van der Waals surface area contributed by atoms with Gasteiger partial charge in [0.05, 0.1) is 12.2 Å². The molecular formula is C21H19ClF3N5O3. The van der Waals surface area contributed by atoms with Crippen LogP contribution in [0.25, 0.3) is 11.4 Å². The Balaban J connectivity index is 1.60. The summed E-state index contributed by atoms with van der Waals surface area (Å²) in [4.78, 5) is 24.7. The van der Waals surface area contributed by atoms with Crippen LogP contribution in [0, 0.1) is 6.92 Å². The summed E-state index contributed by atoms with van der Waals surface area (Å²) in [5, 5.41) is 4.13. The molecule has 8 nitrogen and oxygen atoms in total. The molecule has 0 saturated heterocycles. The Morgan fingerprint density at radius 3 is 2.76 bits per heavy atom. The number of amides is 2. The van der Waals surface area contributed by atoms with Gasteiger partial charge in [-0.05, 0) is 31.5 Å². The Kier molecular flexibility index (Phi) is 6.26. The first-order valence-electron chi connectivity index (χ1n) is 9.98. The van der Waals surface area contributed by atoms with Crippen molar-refractivity contribution in [3.63, 3.8) is 0 Å². The second-order valence-corrected chi connectivity index (χ2v) is 7.76. The van der Waals surface area contributed by atoms with Gasteiger partial charge in [-0.25, -0.2) is 9.78 Å². The lowest BCUT2D eigenvalue weighted by Gasteiger charge is -2.37. The zero-order valence-electron chi connectivity index (χ0n) is 17.7. The Bertz CT molecular complexity index is 1180. The van der Waals surface area contributed by atoms with Crippen molar-refractivity contribution in [3.8, 4) is 11.4 Å². The molecule has 0 N–H and O–H groups in total. The summed E-state index contributed by atoms with van der Waals surface area (Å²) in [7, 11) is 0. The van der Waals surface area contributed by atoms with Gasteiger partial charge in [-0.2, -0.15) is 18.2 Å². The molecule has 2 amide bonds. The van der Waals surface area contributed by atoms with E-state index in [0.29, 0.717) is 35.2 Å². The predicted molar refractivity (Wildman–Crippen MR) is 114 cm³/mol. The molecule has 0 fully saturated rings. The first-order chi connectivity index (χ1) is 15.7. The van der Waals surface area contributed by atoms with Gasteiger partial charge < -0.3 is 9.26 Å². The number of rotatable bonds is 6.